The Balaban J connectivity index is 1.47. The maximum Gasteiger partial charge on any atom is 0.252 e. The first-order chi connectivity index (χ1) is 13.8. The molecule has 1 fully saturated rings. The molecule has 0 saturated heterocycles. The molecule has 2 aromatic heterocycles. The van der Waals surface area contributed by atoms with Crippen molar-refractivity contribution in [1.29, 1.82) is 0 Å². The quantitative estimate of drug-likeness (QED) is 0.552. The van der Waals surface area contributed by atoms with Crippen molar-refractivity contribution >= 4 is 33.5 Å². The number of carbonyl (C=O) groups is 1. The van der Waals surface area contributed by atoms with Gasteiger partial charge >= 0.3 is 0 Å². The molecule has 4 aromatic rings. The third-order valence-corrected chi connectivity index (χ3v) is 5.05. The lowest BCUT2D eigenvalue weighted by molar-refractivity contribution is 0.0952. The predicted molar refractivity (Wildman–Crippen MR) is 111 cm³/mol. The third kappa shape index (κ3) is 3.27. The Morgan fingerprint density at radius 1 is 1.04 bits per heavy atom. The number of carbonyl (C=O) groups excluding carboxylic acids is 1. The van der Waals surface area contributed by atoms with E-state index in [4.69, 9.17) is 4.98 Å². The fraction of sp³-hybridized carbons (Fsp3) is 0.174. The Labute approximate surface area is 162 Å². The van der Waals surface area contributed by atoms with Crippen LogP contribution in [0.2, 0.25) is 0 Å². The molecule has 2 N–H and O–H groups in total. The topological polar surface area (TPSA) is 66.9 Å². The van der Waals surface area contributed by atoms with Crippen LogP contribution in [0.5, 0.6) is 0 Å². The van der Waals surface area contributed by atoms with Crippen LogP contribution in [-0.4, -0.2) is 21.9 Å². The van der Waals surface area contributed by atoms with Crippen LogP contribution in [0.15, 0.2) is 66.9 Å². The lowest BCUT2D eigenvalue weighted by Gasteiger charge is -2.12. The molecule has 0 bridgehead atoms. The van der Waals surface area contributed by atoms with Crippen LogP contribution in [0.25, 0.3) is 21.8 Å². The zero-order chi connectivity index (χ0) is 18.9. The van der Waals surface area contributed by atoms with Gasteiger partial charge in [0.05, 0.1) is 16.6 Å². The van der Waals surface area contributed by atoms with Gasteiger partial charge in [0.15, 0.2) is 0 Å². The molecule has 1 aliphatic rings. The van der Waals surface area contributed by atoms with Gasteiger partial charge in [-0.05, 0) is 36.6 Å². The largest absolute Gasteiger partial charge is 0.366 e. The summed E-state index contributed by atoms with van der Waals surface area (Å²) in [5.74, 6) is 0.656. The van der Waals surface area contributed by atoms with Crippen LogP contribution in [0, 0.1) is 0 Å². The summed E-state index contributed by atoms with van der Waals surface area (Å²) in [7, 11) is 0. The van der Waals surface area contributed by atoms with Crippen molar-refractivity contribution in [2.75, 3.05) is 5.32 Å². The van der Waals surface area contributed by atoms with Crippen molar-refractivity contribution in [2.45, 2.75) is 25.4 Å². The molecule has 0 aliphatic heterocycles. The van der Waals surface area contributed by atoms with Gasteiger partial charge in [0, 0.05) is 29.6 Å². The number of benzene rings is 2. The molecule has 138 valence electrons. The highest BCUT2D eigenvalue weighted by Gasteiger charge is 2.25. The number of aromatic nitrogens is 2. The second kappa shape index (κ2) is 6.93. The number of hydrogen-bond donors (Lipinski definition) is 2. The zero-order valence-electron chi connectivity index (χ0n) is 15.4. The van der Waals surface area contributed by atoms with E-state index in [1.165, 1.54) is 0 Å². The number of amides is 1. The zero-order valence-corrected chi connectivity index (χ0v) is 15.4. The van der Waals surface area contributed by atoms with E-state index >= 15 is 0 Å². The molecular weight excluding hydrogens is 348 g/mol. The van der Waals surface area contributed by atoms with E-state index in [-0.39, 0.29) is 5.91 Å². The van der Waals surface area contributed by atoms with E-state index in [0.717, 1.165) is 40.2 Å². The molecule has 2 aromatic carbocycles. The van der Waals surface area contributed by atoms with E-state index in [1.807, 2.05) is 42.5 Å². The van der Waals surface area contributed by atoms with Crippen molar-refractivity contribution < 1.29 is 4.79 Å². The van der Waals surface area contributed by atoms with E-state index in [1.54, 1.807) is 6.20 Å². The number of hydrogen-bond acceptors (Lipinski definition) is 4. The maximum absolute atomic E-state index is 12.7. The molecule has 5 rings (SSSR count). The van der Waals surface area contributed by atoms with Gasteiger partial charge in [-0.25, -0.2) is 4.98 Å². The van der Waals surface area contributed by atoms with Gasteiger partial charge in [-0.15, -0.1) is 0 Å². The van der Waals surface area contributed by atoms with Crippen LogP contribution in [0.4, 0.5) is 5.82 Å². The second-order valence-corrected chi connectivity index (χ2v) is 7.17. The highest BCUT2D eigenvalue weighted by Crippen LogP contribution is 2.24. The maximum atomic E-state index is 12.7. The molecule has 1 aliphatic carbocycles. The average Bonchev–Trinajstić information content (AvgIpc) is 3.55. The van der Waals surface area contributed by atoms with E-state index in [9.17, 15) is 4.79 Å². The highest BCUT2D eigenvalue weighted by atomic mass is 16.1. The number of rotatable bonds is 5. The highest BCUT2D eigenvalue weighted by molar-refractivity contribution is 6.07. The van der Waals surface area contributed by atoms with Crippen LogP contribution >= 0.6 is 0 Å². The van der Waals surface area contributed by atoms with Crippen molar-refractivity contribution in [1.82, 2.24) is 15.3 Å². The standard InChI is InChI=1S/C23H20N4O/c28-23(26-17-10-11-17)19-13-21(27-20-9-2-1-8-18(19)20)25-14-16-6-3-5-15-7-4-12-24-22(15)16/h1-9,12-13,17H,10-11,14H2,(H,25,27)(H,26,28). The number of nitrogens with one attached hydrogen (secondary N) is 2. The summed E-state index contributed by atoms with van der Waals surface area (Å²) in [6.07, 6.45) is 3.93. The smallest absolute Gasteiger partial charge is 0.252 e. The molecule has 1 amide bonds. The SMILES string of the molecule is O=C(NC1CC1)c1cc(NCc2cccc3cccnc23)nc2ccccc12. The summed E-state index contributed by atoms with van der Waals surface area (Å²) in [6, 6.07) is 20.1. The summed E-state index contributed by atoms with van der Waals surface area (Å²) < 4.78 is 0. The van der Waals surface area contributed by atoms with Gasteiger partial charge in [0.2, 0.25) is 0 Å². The van der Waals surface area contributed by atoms with Crippen molar-refractivity contribution in [2.24, 2.45) is 0 Å². The van der Waals surface area contributed by atoms with Crippen LogP contribution in [0.3, 0.4) is 0 Å². The first-order valence-corrected chi connectivity index (χ1v) is 9.55. The van der Waals surface area contributed by atoms with Crippen molar-refractivity contribution in [3.63, 3.8) is 0 Å². The Hall–Kier alpha value is -3.47. The van der Waals surface area contributed by atoms with Gasteiger partial charge in [0.25, 0.3) is 5.91 Å². The fourth-order valence-corrected chi connectivity index (χ4v) is 3.44. The minimum atomic E-state index is -0.0315. The lowest BCUT2D eigenvalue weighted by atomic mass is 10.1. The molecule has 5 heteroatoms. The Morgan fingerprint density at radius 3 is 2.79 bits per heavy atom. The number of anilines is 1. The molecule has 2 heterocycles. The molecule has 5 nitrogen and oxygen atoms in total. The van der Waals surface area contributed by atoms with E-state index in [0.29, 0.717) is 24.0 Å². The second-order valence-electron chi connectivity index (χ2n) is 7.17. The lowest BCUT2D eigenvalue weighted by Crippen LogP contribution is -2.25. The fourth-order valence-electron chi connectivity index (χ4n) is 3.44. The first-order valence-electron chi connectivity index (χ1n) is 9.55. The minimum Gasteiger partial charge on any atom is -0.366 e. The summed E-state index contributed by atoms with van der Waals surface area (Å²) in [6.45, 7) is 0.587. The molecule has 1 saturated carbocycles. The van der Waals surface area contributed by atoms with E-state index < -0.39 is 0 Å². The van der Waals surface area contributed by atoms with Crippen molar-refractivity contribution in [3.05, 3.63) is 78.0 Å². The minimum absolute atomic E-state index is 0.0315. The Morgan fingerprint density at radius 2 is 1.89 bits per heavy atom. The van der Waals surface area contributed by atoms with Crippen LogP contribution < -0.4 is 10.6 Å². The van der Waals surface area contributed by atoms with Gasteiger partial charge in [-0.2, -0.15) is 0 Å². The summed E-state index contributed by atoms with van der Waals surface area (Å²) in [5, 5.41) is 8.44. The van der Waals surface area contributed by atoms with E-state index in [2.05, 4.69) is 33.8 Å². The number of fused-ring (bicyclic) bond motifs is 2. The monoisotopic (exact) mass is 368 g/mol. The third-order valence-electron chi connectivity index (χ3n) is 5.05. The van der Waals surface area contributed by atoms with Crippen LogP contribution in [0.1, 0.15) is 28.8 Å². The summed E-state index contributed by atoms with van der Waals surface area (Å²) >= 11 is 0. The summed E-state index contributed by atoms with van der Waals surface area (Å²) in [5.41, 5.74) is 3.54. The summed E-state index contributed by atoms with van der Waals surface area (Å²) in [4.78, 5) is 21.9. The first kappa shape index (κ1) is 16.7. The van der Waals surface area contributed by atoms with Gasteiger partial charge < -0.3 is 10.6 Å². The number of pyridine rings is 2. The Bertz CT molecular complexity index is 1180. The normalized spacial score (nSPS) is 13.6. The van der Waals surface area contributed by atoms with Gasteiger partial charge in [-0.1, -0.05) is 42.5 Å². The number of para-hydroxylation sites is 2. The molecule has 0 atom stereocenters. The van der Waals surface area contributed by atoms with Gasteiger partial charge in [-0.3, -0.25) is 9.78 Å². The predicted octanol–water partition coefficient (Wildman–Crippen LogP) is 4.29. The Kier molecular flexibility index (Phi) is 4.13. The molecule has 0 spiro atoms. The van der Waals surface area contributed by atoms with Gasteiger partial charge in [0.1, 0.15) is 5.82 Å². The number of nitrogens with zero attached hydrogens (tertiary/aromatic N) is 2. The average molecular weight is 368 g/mol. The van der Waals surface area contributed by atoms with Crippen molar-refractivity contribution in [3.8, 4) is 0 Å². The molecule has 28 heavy (non-hydrogen) atoms. The molecular formula is C23H20N4O. The molecule has 0 radical (unpaired) electrons. The molecule has 0 unspecified atom stereocenters. The van der Waals surface area contributed by atoms with Crippen LogP contribution in [-0.2, 0) is 6.54 Å².